The molecule has 0 spiro atoms. The second kappa shape index (κ2) is 9.86. The summed E-state index contributed by atoms with van der Waals surface area (Å²) in [6.07, 6.45) is 6.66. The van der Waals surface area contributed by atoms with E-state index in [4.69, 9.17) is 4.74 Å². The molecule has 2 fully saturated rings. The van der Waals surface area contributed by atoms with Gasteiger partial charge in [-0.25, -0.2) is 4.79 Å². The Bertz CT molecular complexity index is 1690. The lowest BCUT2D eigenvalue weighted by Gasteiger charge is -2.15. The van der Waals surface area contributed by atoms with Crippen molar-refractivity contribution in [3.05, 3.63) is 114 Å². The first-order chi connectivity index (χ1) is 20.0. The van der Waals surface area contributed by atoms with Crippen molar-refractivity contribution < 1.29 is 19.1 Å². The summed E-state index contributed by atoms with van der Waals surface area (Å²) in [5.41, 5.74) is 5.70. The number of allylic oxidation sites excluding steroid dienone is 2. The van der Waals surface area contributed by atoms with E-state index in [1.807, 2.05) is 78.9 Å². The number of ether oxygens (including phenoxy) is 1. The highest BCUT2D eigenvalue weighted by Crippen LogP contribution is 2.52. The lowest BCUT2D eigenvalue weighted by Crippen LogP contribution is -2.28. The van der Waals surface area contributed by atoms with Gasteiger partial charge >= 0.3 is 5.97 Å². The van der Waals surface area contributed by atoms with Gasteiger partial charge in [-0.2, -0.15) is 10.1 Å². The first-order valence-electron chi connectivity index (χ1n) is 13.7. The van der Waals surface area contributed by atoms with E-state index in [2.05, 4.69) is 21.8 Å². The van der Waals surface area contributed by atoms with Crippen LogP contribution in [0.1, 0.15) is 22.3 Å². The van der Waals surface area contributed by atoms with Crippen LogP contribution in [0.2, 0.25) is 0 Å². The van der Waals surface area contributed by atoms with Crippen molar-refractivity contribution >= 4 is 24.0 Å². The summed E-state index contributed by atoms with van der Waals surface area (Å²) in [6, 6.07) is 29.1. The molecule has 1 saturated heterocycles. The van der Waals surface area contributed by atoms with Crippen molar-refractivity contribution in [2.75, 3.05) is 7.11 Å². The Balaban J connectivity index is 1.37. The van der Waals surface area contributed by atoms with Crippen LogP contribution < -0.4 is 0 Å². The van der Waals surface area contributed by atoms with Crippen LogP contribution in [0.25, 0.3) is 28.2 Å². The van der Waals surface area contributed by atoms with E-state index in [9.17, 15) is 14.4 Å². The maximum atomic E-state index is 13.3. The van der Waals surface area contributed by atoms with Crippen LogP contribution in [0, 0.1) is 23.7 Å². The number of imide groups is 1. The zero-order chi connectivity index (χ0) is 28.1. The summed E-state index contributed by atoms with van der Waals surface area (Å²) >= 11 is 0. The van der Waals surface area contributed by atoms with E-state index < -0.39 is 5.97 Å². The number of benzene rings is 3. The molecule has 1 aliphatic heterocycles. The van der Waals surface area contributed by atoms with Crippen molar-refractivity contribution in [3.63, 3.8) is 0 Å². The average molecular weight is 542 g/mol. The summed E-state index contributed by atoms with van der Waals surface area (Å²) < 4.78 is 7.00. The Kier molecular flexibility index (Phi) is 6.00. The third kappa shape index (κ3) is 4.04. The zero-order valence-corrected chi connectivity index (χ0v) is 22.4. The molecule has 4 atom stereocenters. The second-order valence-electron chi connectivity index (χ2n) is 10.7. The molecule has 0 radical (unpaired) electrons. The van der Waals surface area contributed by atoms with Crippen LogP contribution in [0.5, 0.6) is 0 Å². The molecular formula is C34H27N3O4. The number of carbonyl (C=O) groups is 3. The molecular weight excluding hydrogens is 514 g/mol. The number of methoxy groups -OCH3 is 1. The molecule has 202 valence electrons. The number of hydrogen-bond acceptors (Lipinski definition) is 5. The van der Waals surface area contributed by atoms with E-state index in [1.165, 1.54) is 7.11 Å². The van der Waals surface area contributed by atoms with Gasteiger partial charge in [0, 0.05) is 11.3 Å². The number of fused-ring (bicyclic) bond motifs is 5. The molecule has 0 unspecified atom stereocenters. The van der Waals surface area contributed by atoms with E-state index in [0.717, 1.165) is 45.2 Å². The number of aromatic nitrogens is 1. The summed E-state index contributed by atoms with van der Waals surface area (Å²) in [7, 11) is 1.36. The largest absolute Gasteiger partial charge is 0.465 e. The van der Waals surface area contributed by atoms with Gasteiger partial charge in [-0.15, -0.1) is 0 Å². The van der Waals surface area contributed by atoms with Crippen LogP contribution in [0.4, 0.5) is 0 Å². The molecule has 2 heterocycles. The summed E-state index contributed by atoms with van der Waals surface area (Å²) in [6.45, 7) is 0. The minimum Gasteiger partial charge on any atom is -0.465 e. The SMILES string of the molecule is COC(=O)c1ccc(-n2c(-c3ccccc3)cc(C=NN3C(=O)[C@@H]4[C@H](C3=O)[C@H]3C=C[C@H]4C3)c2-c2ccccc2)cc1. The third-order valence-corrected chi connectivity index (χ3v) is 8.45. The highest BCUT2D eigenvalue weighted by Gasteiger charge is 2.59. The van der Waals surface area contributed by atoms with Crippen LogP contribution >= 0.6 is 0 Å². The topological polar surface area (TPSA) is 81.0 Å². The standard InChI is InChI=1S/C34H27N3O4/c1-41-34(40)23-14-16-27(17-15-23)36-28(21-8-4-2-5-9-21)19-26(31(36)22-10-6-3-7-11-22)20-35-37-32(38)29-24-12-13-25(18-24)30(29)33(37)39/h2-17,19-20,24-25,29-30H,18H2,1H3/t24-,25-,29-,30+/m0/s1. The predicted octanol–water partition coefficient (Wildman–Crippen LogP) is 5.74. The lowest BCUT2D eigenvalue weighted by atomic mass is 9.85. The Morgan fingerprint density at radius 1 is 0.829 bits per heavy atom. The van der Waals surface area contributed by atoms with Crippen molar-refractivity contribution in [2.45, 2.75) is 6.42 Å². The summed E-state index contributed by atoms with van der Waals surface area (Å²) in [5.74, 6) is -1.19. The molecule has 3 aromatic carbocycles. The van der Waals surface area contributed by atoms with Crippen molar-refractivity contribution in [3.8, 4) is 28.2 Å². The predicted molar refractivity (Wildman–Crippen MR) is 155 cm³/mol. The summed E-state index contributed by atoms with van der Waals surface area (Å²) in [4.78, 5) is 38.7. The fourth-order valence-electron chi connectivity index (χ4n) is 6.59. The van der Waals surface area contributed by atoms with Crippen LogP contribution in [-0.2, 0) is 14.3 Å². The molecule has 1 aromatic heterocycles. The Morgan fingerprint density at radius 3 is 2.00 bits per heavy atom. The molecule has 2 amide bonds. The number of carbonyl (C=O) groups excluding carboxylic acids is 3. The van der Waals surface area contributed by atoms with Gasteiger partial charge < -0.3 is 9.30 Å². The second-order valence-corrected chi connectivity index (χ2v) is 10.7. The summed E-state index contributed by atoms with van der Waals surface area (Å²) in [5, 5.41) is 5.60. The minimum atomic E-state index is -0.406. The van der Waals surface area contributed by atoms with E-state index >= 15 is 0 Å². The van der Waals surface area contributed by atoms with Crippen LogP contribution in [0.3, 0.4) is 0 Å². The van der Waals surface area contributed by atoms with E-state index in [1.54, 1.807) is 18.3 Å². The number of amides is 2. The van der Waals surface area contributed by atoms with Gasteiger partial charge in [-0.3, -0.25) is 9.59 Å². The maximum Gasteiger partial charge on any atom is 0.337 e. The fourth-order valence-corrected chi connectivity index (χ4v) is 6.59. The first kappa shape index (κ1) is 25.0. The van der Waals surface area contributed by atoms with Gasteiger partial charge in [0.15, 0.2) is 0 Å². The van der Waals surface area contributed by atoms with Gasteiger partial charge in [0.05, 0.1) is 42.1 Å². The van der Waals surface area contributed by atoms with Gasteiger partial charge in [0.2, 0.25) is 0 Å². The molecule has 3 aliphatic rings. The maximum absolute atomic E-state index is 13.3. The third-order valence-electron chi connectivity index (χ3n) is 8.45. The average Bonchev–Trinajstić information content (AvgIpc) is 3.79. The van der Waals surface area contributed by atoms with Crippen LogP contribution in [0.15, 0.2) is 108 Å². The van der Waals surface area contributed by atoms with Gasteiger partial charge in [-0.1, -0.05) is 72.8 Å². The number of rotatable bonds is 6. The van der Waals surface area contributed by atoms with E-state index in [-0.39, 0.29) is 35.5 Å². The molecule has 7 rings (SSSR count). The van der Waals surface area contributed by atoms with E-state index in [0.29, 0.717) is 5.56 Å². The molecule has 2 bridgehead atoms. The molecule has 4 aromatic rings. The normalized spacial score (nSPS) is 22.6. The number of nitrogens with zero attached hydrogens (tertiary/aromatic N) is 3. The van der Waals surface area contributed by atoms with Gasteiger partial charge in [-0.05, 0) is 59.7 Å². The molecule has 1 saturated carbocycles. The lowest BCUT2D eigenvalue weighted by molar-refractivity contribution is -0.140. The molecule has 7 nitrogen and oxygen atoms in total. The zero-order valence-electron chi connectivity index (χ0n) is 22.4. The van der Waals surface area contributed by atoms with Crippen molar-refractivity contribution in [1.29, 1.82) is 0 Å². The van der Waals surface area contributed by atoms with Crippen molar-refractivity contribution in [1.82, 2.24) is 9.58 Å². The van der Waals surface area contributed by atoms with Gasteiger partial charge in [0.25, 0.3) is 11.8 Å². The number of hydrazone groups is 1. The molecule has 7 heteroatoms. The Morgan fingerprint density at radius 2 is 1.41 bits per heavy atom. The van der Waals surface area contributed by atoms with Gasteiger partial charge in [0.1, 0.15) is 0 Å². The Hall–Kier alpha value is -5.04. The number of hydrogen-bond donors (Lipinski definition) is 0. The highest BCUT2D eigenvalue weighted by atomic mass is 16.5. The quantitative estimate of drug-likeness (QED) is 0.135. The first-order valence-corrected chi connectivity index (χ1v) is 13.7. The fraction of sp³-hybridized carbons (Fsp3) is 0.176. The Labute approximate surface area is 237 Å². The number of esters is 1. The molecule has 2 aliphatic carbocycles. The molecule has 0 N–H and O–H groups in total. The van der Waals surface area contributed by atoms with Crippen molar-refractivity contribution in [2.24, 2.45) is 28.8 Å². The van der Waals surface area contributed by atoms with Crippen LogP contribution in [-0.4, -0.2) is 40.7 Å². The smallest absolute Gasteiger partial charge is 0.337 e. The highest BCUT2D eigenvalue weighted by molar-refractivity contribution is 6.07. The minimum absolute atomic E-state index is 0.125. The molecule has 41 heavy (non-hydrogen) atoms. The monoisotopic (exact) mass is 541 g/mol.